The van der Waals surface area contributed by atoms with Crippen molar-refractivity contribution in [3.05, 3.63) is 12.3 Å². The molecule has 9 heteroatoms. The maximum Gasteiger partial charge on any atom is 0.401 e. The molecule has 1 aromatic rings. The lowest BCUT2D eigenvalue weighted by Crippen LogP contribution is -2.56. The molecule has 0 aliphatic carbocycles. The molecule has 2 rings (SSSR count). The number of alkyl halides is 3. The van der Waals surface area contributed by atoms with Crippen molar-refractivity contribution in [2.45, 2.75) is 19.1 Å². The van der Waals surface area contributed by atoms with Gasteiger partial charge in [-0.1, -0.05) is 0 Å². The normalized spacial score (nSPS) is 20.6. The molecule has 0 spiro atoms. The zero-order chi connectivity index (χ0) is 15.6. The van der Waals surface area contributed by atoms with Crippen LogP contribution in [0.2, 0.25) is 0 Å². The van der Waals surface area contributed by atoms with Gasteiger partial charge in [-0.25, -0.2) is 4.79 Å². The molecule has 118 valence electrons. The fourth-order valence-corrected chi connectivity index (χ4v) is 2.32. The summed E-state index contributed by atoms with van der Waals surface area (Å²) < 4.78 is 38.8. The highest BCUT2D eigenvalue weighted by Crippen LogP contribution is 2.20. The van der Waals surface area contributed by atoms with E-state index < -0.39 is 12.7 Å². The first kappa shape index (κ1) is 15.6. The second-order valence-electron chi connectivity index (χ2n) is 5.19. The topological polar surface area (TPSA) is 53.4 Å². The predicted octanol–water partition coefficient (Wildman–Crippen LogP) is 1.52. The molecular weight excluding hydrogens is 287 g/mol. The van der Waals surface area contributed by atoms with Gasteiger partial charge in [-0.3, -0.25) is 14.9 Å². The quantitative estimate of drug-likeness (QED) is 0.901. The third-order valence-electron chi connectivity index (χ3n) is 3.38. The smallest absolute Gasteiger partial charge is 0.322 e. The van der Waals surface area contributed by atoms with Gasteiger partial charge < -0.3 is 4.90 Å². The molecule has 1 aliphatic heterocycles. The zero-order valence-electron chi connectivity index (χ0n) is 11.9. The number of carbonyl (C=O) groups excluding carboxylic acids is 1. The molecular formula is C12H18F3N5O. The Labute approximate surface area is 120 Å². The van der Waals surface area contributed by atoms with Crippen LogP contribution in [0.4, 0.5) is 23.8 Å². The average molecular weight is 305 g/mol. The maximum atomic E-state index is 12.4. The van der Waals surface area contributed by atoms with Gasteiger partial charge in [-0.05, 0) is 6.92 Å². The minimum Gasteiger partial charge on any atom is -0.322 e. The largest absolute Gasteiger partial charge is 0.401 e. The molecule has 0 bridgehead atoms. The van der Waals surface area contributed by atoms with Crippen LogP contribution < -0.4 is 5.32 Å². The zero-order valence-corrected chi connectivity index (χ0v) is 11.9. The van der Waals surface area contributed by atoms with Crippen molar-refractivity contribution in [1.29, 1.82) is 0 Å². The highest BCUT2D eigenvalue weighted by atomic mass is 19.4. The summed E-state index contributed by atoms with van der Waals surface area (Å²) in [6, 6.07) is 0.975. The Hall–Kier alpha value is -1.77. The number of hydrogen-bond acceptors (Lipinski definition) is 3. The van der Waals surface area contributed by atoms with E-state index in [0.29, 0.717) is 5.82 Å². The summed E-state index contributed by atoms with van der Waals surface area (Å²) >= 11 is 0. The number of rotatable bonds is 2. The second-order valence-corrected chi connectivity index (χ2v) is 5.19. The van der Waals surface area contributed by atoms with Crippen LogP contribution in [0.1, 0.15) is 6.92 Å². The summed E-state index contributed by atoms with van der Waals surface area (Å²) in [6.45, 7) is 1.47. The molecule has 0 aromatic carbocycles. The molecule has 0 unspecified atom stereocenters. The molecule has 2 heterocycles. The van der Waals surface area contributed by atoms with Gasteiger partial charge in [-0.15, -0.1) is 0 Å². The van der Waals surface area contributed by atoms with E-state index >= 15 is 0 Å². The molecule has 21 heavy (non-hydrogen) atoms. The Morgan fingerprint density at radius 1 is 1.48 bits per heavy atom. The second kappa shape index (κ2) is 5.92. The standard InChI is InChI=1S/C12H18F3N5O/c1-9-7-19(5-6-20(9)8-12(13,14)15)11(21)16-10-3-4-18(2)17-10/h3-4,9H,5-8H2,1-2H3,(H,16,17,21)/t9-/m1/s1. The number of aromatic nitrogens is 2. The lowest BCUT2D eigenvalue weighted by Gasteiger charge is -2.39. The number of carbonyl (C=O) groups is 1. The number of anilines is 1. The molecule has 1 N–H and O–H groups in total. The van der Waals surface area contributed by atoms with Gasteiger partial charge in [0, 0.05) is 45.0 Å². The number of amides is 2. The van der Waals surface area contributed by atoms with Crippen molar-refractivity contribution in [3.8, 4) is 0 Å². The van der Waals surface area contributed by atoms with E-state index in [-0.39, 0.29) is 31.7 Å². The molecule has 1 aromatic heterocycles. The van der Waals surface area contributed by atoms with Crippen molar-refractivity contribution in [2.75, 3.05) is 31.5 Å². The van der Waals surface area contributed by atoms with Crippen LogP contribution in [0.15, 0.2) is 12.3 Å². The van der Waals surface area contributed by atoms with Crippen LogP contribution in [0.5, 0.6) is 0 Å². The van der Waals surface area contributed by atoms with E-state index in [1.807, 2.05) is 0 Å². The minimum atomic E-state index is -4.22. The summed E-state index contributed by atoms with van der Waals surface area (Å²) in [6.07, 6.45) is -2.52. The molecule has 2 amide bonds. The first-order valence-corrected chi connectivity index (χ1v) is 6.61. The van der Waals surface area contributed by atoms with Gasteiger partial charge in [0.25, 0.3) is 0 Å². The highest BCUT2D eigenvalue weighted by Gasteiger charge is 2.35. The number of urea groups is 1. The van der Waals surface area contributed by atoms with Crippen LogP contribution in [-0.2, 0) is 7.05 Å². The SMILES string of the molecule is C[C@@H]1CN(C(=O)Nc2ccn(C)n2)CCN1CC(F)(F)F. The number of halogens is 3. The summed E-state index contributed by atoms with van der Waals surface area (Å²) in [5, 5.41) is 6.66. The molecule has 0 saturated carbocycles. The molecule has 6 nitrogen and oxygen atoms in total. The van der Waals surface area contributed by atoms with Gasteiger partial charge in [0.1, 0.15) is 0 Å². The number of nitrogens with zero attached hydrogens (tertiary/aromatic N) is 4. The Bertz CT molecular complexity index is 501. The summed E-state index contributed by atoms with van der Waals surface area (Å²) in [7, 11) is 1.73. The lowest BCUT2D eigenvalue weighted by atomic mass is 10.2. The van der Waals surface area contributed by atoms with E-state index in [1.54, 1.807) is 30.9 Å². The maximum absolute atomic E-state index is 12.4. The third kappa shape index (κ3) is 4.35. The van der Waals surface area contributed by atoms with Gasteiger partial charge in [0.05, 0.1) is 6.54 Å². The molecule has 1 fully saturated rings. The molecule has 1 aliphatic rings. The van der Waals surface area contributed by atoms with Crippen molar-refractivity contribution >= 4 is 11.8 Å². The van der Waals surface area contributed by atoms with Crippen LogP contribution >= 0.6 is 0 Å². The molecule has 0 radical (unpaired) electrons. The lowest BCUT2D eigenvalue weighted by molar-refractivity contribution is -0.153. The highest BCUT2D eigenvalue weighted by molar-refractivity contribution is 5.88. The monoisotopic (exact) mass is 305 g/mol. The van der Waals surface area contributed by atoms with Crippen LogP contribution in [0.25, 0.3) is 0 Å². The van der Waals surface area contributed by atoms with E-state index in [9.17, 15) is 18.0 Å². The summed E-state index contributed by atoms with van der Waals surface area (Å²) in [5.74, 6) is 0.424. The van der Waals surface area contributed by atoms with Gasteiger partial charge in [-0.2, -0.15) is 18.3 Å². The molecule has 1 atom stereocenters. The van der Waals surface area contributed by atoms with E-state index in [0.717, 1.165) is 0 Å². The first-order chi connectivity index (χ1) is 9.74. The number of aryl methyl sites for hydroxylation is 1. The number of hydrogen-bond donors (Lipinski definition) is 1. The Morgan fingerprint density at radius 3 is 2.71 bits per heavy atom. The van der Waals surface area contributed by atoms with Gasteiger partial charge in [0.2, 0.25) is 0 Å². The van der Waals surface area contributed by atoms with E-state index in [4.69, 9.17) is 0 Å². The summed E-state index contributed by atoms with van der Waals surface area (Å²) in [4.78, 5) is 14.9. The van der Waals surface area contributed by atoms with Crippen molar-refractivity contribution < 1.29 is 18.0 Å². The van der Waals surface area contributed by atoms with Crippen molar-refractivity contribution in [3.63, 3.8) is 0 Å². The fourth-order valence-electron chi connectivity index (χ4n) is 2.32. The summed E-state index contributed by atoms with van der Waals surface area (Å²) in [5.41, 5.74) is 0. The Kier molecular flexibility index (Phi) is 4.40. The van der Waals surface area contributed by atoms with Crippen LogP contribution in [0, 0.1) is 0 Å². The first-order valence-electron chi connectivity index (χ1n) is 6.61. The van der Waals surface area contributed by atoms with Crippen LogP contribution in [0.3, 0.4) is 0 Å². The van der Waals surface area contributed by atoms with E-state index in [1.165, 1.54) is 9.80 Å². The fraction of sp³-hybridized carbons (Fsp3) is 0.667. The number of piperazine rings is 1. The van der Waals surface area contributed by atoms with Crippen molar-refractivity contribution in [2.24, 2.45) is 7.05 Å². The third-order valence-corrected chi connectivity index (χ3v) is 3.38. The average Bonchev–Trinajstić information content (AvgIpc) is 2.75. The van der Waals surface area contributed by atoms with Crippen LogP contribution in [-0.4, -0.2) is 64.0 Å². The Morgan fingerprint density at radius 2 is 2.19 bits per heavy atom. The number of nitrogens with one attached hydrogen (secondary N) is 1. The predicted molar refractivity (Wildman–Crippen MR) is 70.9 cm³/mol. The van der Waals surface area contributed by atoms with E-state index in [2.05, 4.69) is 10.4 Å². The van der Waals surface area contributed by atoms with Gasteiger partial charge >= 0.3 is 12.2 Å². The van der Waals surface area contributed by atoms with Gasteiger partial charge in [0.15, 0.2) is 5.82 Å². The Balaban J connectivity index is 1.88. The minimum absolute atomic E-state index is 0.205. The molecule has 1 saturated heterocycles. The van der Waals surface area contributed by atoms with Crippen molar-refractivity contribution in [1.82, 2.24) is 19.6 Å².